The number of hydrogen-bond acceptors (Lipinski definition) is 6. The molecule has 160 valence electrons. The molecule has 0 spiro atoms. The smallest absolute Gasteiger partial charge is 0.248 e. The lowest BCUT2D eigenvalue weighted by atomic mass is 10.1. The molecular formula is C22H29N5O3. The van der Waals surface area contributed by atoms with Gasteiger partial charge in [0.25, 0.3) is 0 Å². The second kappa shape index (κ2) is 11.4. The van der Waals surface area contributed by atoms with Crippen LogP contribution in [0.2, 0.25) is 0 Å². The Hall–Kier alpha value is -2.81. The van der Waals surface area contributed by atoms with Gasteiger partial charge >= 0.3 is 0 Å². The lowest BCUT2D eigenvalue weighted by Crippen LogP contribution is -2.50. The highest BCUT2D eigenvalue weighted by molar-refractivity contribution is 5.92. The van der Waals surface area contributed by atoms with E-state index in [1.165, 1.54) is 12.3 Å². The van der Waals surface area contributed by atoms with Gasteiger partial charge in [0.2, 0.25) is 11.5 Å². The summed E-state index contributed by atoms with van der Waals surface area (Å²) in [4.78, 5) is 33.1. The van der Waals surface area contributed by atoms with E-state index in [0.29, 0.717) is 18.4 Å². The predicted molar refractivity (Wildman–Crippen MR) is 118 cm³/mol. The van der Waals surface area contributed by atoms with E-state index in [4.69, 9.17) is 4.74 Å². The van der Waals surface area contributed by atoms with Crippen LogP contribution in [-0.4, -0.2) is 67.1 Å². The van der Waals surface area contributed by atoms with Gasteiger partial charge in [0, 0.05) is 50.2 Å². The molecule has 2 atom stereocenters. The highest BCUT2D eigenvalue weighted by Crippen LogP contribution is 2.17. The van der Waals surface area contributed by atoms with Gasteiger partial charge in [-0.05, 0) is 36.8 Å². The van der Waals surface area contributed by atoms with Crippen molar-refractivity contribution < 1.29 is 9.53 Å². The molecule has 3 N–H and O–H groups in total. The summed E-state index contributed by atoms with van der Waals surface area (Å²) in [6.45, 7) is 5.94. The number of nitrogens with zero attached hydrogens (tertiary/aromatic N) is 2. The van der Waals surface area contributed by atoms with Crippen LogP contribution in [0.4, 0.5) is 5.69 Å². The van der Waals surface area contributed by atoms with Gasteiger partial charge in [0.15, 0.2) is 0 Å². The zero-order chi connectivity index (χ0) is 21.2. The van der Waals surface area contributed by atoms with Crippen LogP contribution >= 0.6 is 0 Å². The van der Waals surface area contributed by atoms with Gasteiger partial charge in [-0.1, -0.05) is 12.1 Å². The summed E-state index contributed by atoms with van der Waals surface area (Å²) in [5, 5.41) is 6.21. The molecular weight excluding hydrogens is 382 g/mol. The van der Waals surface area contributed by atoms with E-state index in [9.17, 15) is 9.59 Å². The summed E-state index contributed by atoms with van der Waals surface area (Å²) >= 11 is 0. The minimum absolute atomic E-state index is 0.125. The fourth-order valence-corrected chi connectivity index (χ4v) is 3.44. The van der Waals surface area contributed by atoms with Crippen LogP contribution in [0.3, 0.4) is 0 Å². The van der Waals surface area contributed by atoms with Crippen molar-refractivity contribution in [1.82, 2.24) is 15.2 Å². The topological polar surface area (TPSA) is 98.8 Å². The first-order valence-electron chi connectivity index (χ1n) is 10.2. The number of hydrogen-bond donors (Lipinski definition) is 3. The van der Waals surface area contributed by atoms with Gasteiger partial charge in [-0.2, -0.15) is 0 Å². The third kappa shape index (κ3) is 6.91. The molecule has 2 unspecified atom stereocenters. The highest BCUT2D eigenvalue weighted by Gasteiger charge is 2.35. The molecule has 8 heteroatoms. The zero-order valence-electron chi connectivity index (χ0n) is 17.2. The number of aromatic amines is 1. The third-order valence-corrected chi connectivity index (χ3v) is 4.97. The van der Waals surface area contributed by atoms with Gasteiger partial charge in [-0.15, -0.1) is 0 Å². The fraction of sp³-hybridized carbons (Fsp3) is 0.409. The van der Waals surface area contributed by atoms with Gasteiger partial charge < -0.3 is 20.4 Å². The Morgan fingerprint density at radius 1 is 1.37 bits per heavy atom. The van der Waals surface area contributed by atoms with Crippen molar-refractivity contribution in [3.63, 3.8) is 0 Å². The maximum Gasteiger partial charge on any atom is 0.248 e. The van der Waals surface area contributed by atoms with E-state index in [-0.39, 0.29) is 24.0 Å². The number of morpholine rings is 1. The number of amides is 1. The first-order chi connectivity index (χ1) is 14.6. The Labute approximate surface area is 176 Å². The molecule has 0 saturated carbocycles. The molecule has 2 aliphatic rings. The van der Waals surface area contributed by atoms with Crippen LogP contribution in [0, 0.1) is 6.92 Å². The Bertz CT molecular complexity index is 894. The molecule has 2 fully saturated rings. The SMILES string of the molecule is Cc1ccc(NC(=O)C/C=C\C=N/CN2CCOC3CNCC32)ccc[nH]c(=O)c1. The Morgan fingerprint density at radius 2 is 2.27 bits per heavy atom. The molecule has 1 amide bonds. The van der Waals surface area contributed by atoms with E-state index in [1.807, 2.05) is 6.92 Å². The minimum Gasteiger partial charge on any atom is -0.374 e. The lowest BCUT2D eigenvalue weighted by molar-refractivity contribution is -0.115. The number of ether oxygens (including phenoxy) is 1. The van der Waals surface area contributed by atoms with Gasteiger partial charge in [0.05, 0.1) is 25.4 Å². The second-order valence-electron chi connectivity index (χ2n) is 7.31. The second-order valence-corrected chi connectivity index (χ2v) is 7.31. The molecule has 0 aromatic carbocycles. The molecule has 3 rings (SSSR count). The van der Waals surface area contributed by atoms with E-state index in [0.717, 1.165) is 31.8 Å². The maximum atomic E-state index is 12.2. The van der Waals surface area contributed by atoms with E-state index in [2.05, 4.69) is 25.5 Å². The summed E-state index contributed by atoms with van der Waals surface area (Å²) in [5.74, 6) is -0.125. The number of carbonyl (C=O) groups excluding carboxylic acids is 1. The Kier molecular flexibility index (Phi) is 8.31. The number of rotatable bonds is 6. The highest BCUT2D eigenvalue weighted by atomic mass is 16.5. The number of H-pyrrole nitrogens is 1. The molecule has 8 nitrogen and oxygen atoms in total. The van der Waals surface area contributed by atoms with Gasteiger partial charge in [-0.3, -0.25) is 19.5 Å². The van der Waals surface area contributed by atoms with Crippen LogP contribution in [-0.2, 0) is 9.53 Å². The summed E-state index contributed by atoms with van der Waals surface area (Å²) in [6, 6.07) is 8.84. The number of fused-ring (bicyclic) bond motifs is 1. The minimum atomic E-state index is -0.186. The molecule has 1 aromatic heterocycles. The fourth-order valence-electron chi connectivity index (χ4n) is 3.44. The van der Waals surface area contributed by atoms with Crippen LogP contribution in [0.15, 0.2) is 58.5 Å². The molecule has 3 heterocycles. The molecule has 2 saturated heterocycles. The zero-order valence-corrected chi connectivity index (χ0v) is 17.2. The number of anilines is 1. The van der Waals surface area contributed by atoms with Crippen LogP contribution < -0.4 is 16.2 Å². The molecule has 30 heavy (non-hydrogen) atoms. The quantitative estimate of drug-likeness (QED) is 0.615. The standard InChI is InChI=1S/C22H29N5O3/c1-17-7-8-18(5-4-10-25-22(29)13-17)26-21(28)6-2-3-9-23-16-27-11-12-30-20-15-24-14-19(20)27/h2-5,7-10,13,19-20,24H,6,11-12,14-16H2,1H3,(H,25,29)(H,26,28)/b3-2-,23-9-. The molecule has 0 bridgehead atoms. The molecule has 0 radical (unpaired) electrons. The lowest BCUT2D eigenvalue weighted by Gasteiger charge is -2.35. The number of aryl methyl sites for hydroxylation is 1. The van der Waals surface area contributed by atoms with Crippen LogP contribution in [0.1, 0.15) is 12.0 Å². The number of aliphatic imine (C=N–C) groups is 1. The first-order valence-corrected chi connectivity index (χ1v) is 10.2. The third-order valence-electron chi connectivity index (χ3n) is 4.97. The summed E-state index contributed by atoms with van der Waals surface area (Å²) in [7, 11) is 0. The Balaban J connectivity index is 1.46. The average Bonchev–Trinajstić information content (AvgIpc) is 3.21. The van der Waals surface area contributed by atoms with Crippen molar-refractivity contribution >= 4 is 17.8 Å². The first kappa shape index (κ1) is 21.9. The van der Waals surface area contributed by atoms with Crippen molar-refractivity contribution in [2.45, 2.75) is 25.5 Å². The Morgan fingerprint density at radius 3 is 3.17 bits per heavy atom. The molecule has 2 aliphatic heterocycles. The van der Waals surface area contributed by atoms with Crippen LogP contribution in [0.5, 0.6) is 0 Å². The van der Waals surface area contributed by atoms with E-state index in [1.54, 1.807) is 42.6 Å². The number of carbonyl (C=O) groups is 1. The van der Waals surface area contributed by atoms with E-state index >= 15 is 0 Å². The monoisotopic (exact) mass is 411 g/mol. The van der Waals surface area contributed by atoms with Crippen molar-refractivity contribution in [3.05, 3.63) is 64.6 Å². The summed E-state index contributed by atoms with van der Waals surface area (Å²) < 4.78 is 5.75. The number of aromatic nitrogens is 1. The predicted octanol–water partition coefficient (Wildman–Crippen LogP) is 1.39. The maximum absolute atomic E-state index is 12.2. The van der Waals surface area contributed by atoms with Gasteiger partial charge in [-0.25, -0.2) is 0 Å². The summed E-state index contributed by atoms with van der Waals surface area (Å²) in [5.41, 5.74) is 1.25. The average molecular weight is 412 g/mol. The number of allylic oxidation sites excluding steroid dienone is 1. The van der Waals surface area contributed by atoms with E-state index < -0.39 is 0 Å². The van der Waals surface area contributed by atoms with Crippen molar-refractivity contribution in [2.75, 3.05) is 38.2 Å². The largest absolute Gasteiger partial charge is 0.374 e. The van der Waals surface area contributed by atoms with Gasteiger partial charge in [0.1, 0.15) is 0 Å². The van der Waals surface area contributed by atoms with Crippen LogP contribution in [0.25, 0.3) is 0 Å². The molecule has 1 aromatic rings. The normalized spacial score (nSPS) is 21.5. The van der Waals surface area contributed by atoms with Crippen molar-refractivity contribution in [2.24, 2.45) is 4.99 Å². The summed E-state index contributed by atoms with van der Waals surface area (Å²) in [6.07, 6.45) is 7.37. The van der Waals surface area contributed by atoms with Crippen molar-refractivity contribution in [1.29, 1.82) is 0 Å². The van der Waals surface area contributed by atoms with Crippen molar-refractivity contribution in [3.8, 4) is 0 Å². The number of nitrogens with one attached hydrogen (secondary N) is 3. The molecule has 0 aliphatic carbocycles.